The van der Waals surface area contributed by atoms with Crippen molar-refractivity contribution in [3.63, 3.8) is 0 Å². The first-order valence-electron chi connectivity index (χ1n) is 5.57. The van der Waals surface area contributed by atoms with E-state index < -0.39 is 5.97 Å². The van der Waals surface area contributed by atoms with Gasteiger partial charge in [-0.25, -0.2) is 0 Å². The highest BCUT2D eigenvalue weighted by molar-refractivity contribution is 5.72. The average Bonchev–Trinajstić information content (AvgIpc) is 2.28. The van der Waals surface area contributed by atoms with Crippen LogP contribution in [-0.2, 0) is 17.6 Å². The van der Waals surface area contributed by atoms with Crippen LogP contribution in [0.15, 0.2) is 12.1 Å². The fourth-order valence-electron chi connectivity index (χ4n) is 1.83. The van der Waals surface area contributed by atoms with Crippen LogP contribution in [0.4, 0.5) is 0 Å². The van der Waals surface area contributed by atoms with E-state index in [-0.39, 0.29) is 6.42 Å². The lowest BCUT2D eigenvalue weighted by Crippen LogP contribution is -2.05. The van der Waals surface area contributed by atoms with E-state index in [0.29, 0.717) is 17.1 Å². The molecule has 1 rings (SSSR count). The number of methoxy groups -OCH3 is 2. The van der Waals surface area contributed by atoms with Crippen molar-refractivity contribution in [2.24, 2.45) is 0 Å². The molecule has 0 fully saturated rings. The van der Waals surface area contributed by atoms with Crippen LogP contribution in [0, 0.1) is 0 Å². The molecule has 0 radical (unpaired) electrons. The summed E-state index contributed by atoms with van der Waals surface area (Å²) in [7, 11) is 3.07. The highest BCUT2D eigenvalue weighted by Gasteiger charge is 2.14. The summed E-state index contributed by atoms with van der Waals surface area (Å²) in [5.74, 6) is 0.225. The van der Waals surface area contributed by atoms with Gasteiger partial charge >= 0.3 is 5.97 Å². The predicted octanol–water partition coefficient (Wildman–Crippen LogP) is 2.28. The second kappa shape index (κ2) is 6.13. The van der Waals surface area contributed by atoms with Crippen LogP contribution in [0.25, 0.3) is 0 Å². The maximum absolute atomic E-state index is 10.8. The minimum absolute atomic E-state index is 0.0584. The highest BCUT2D eigenvalue weighted by Crippen LogP contribution is 2.33. The smallest absolute Gasteiger partial charge is 0.307 e. The van der Waals surface area contributed by atoms with Gasteiger partial charge in [-0.3, -0.25) is 4.79 Å². The van der Waals surface area contributed by atoms with Crippen molar-refractivity contribution in [2.45, 2.75) is 26.2 Å². The van der Waals surface area contributed by atoms with E-state index in [4.69, 9.17) is 14.6 Å². The quantitative estimate of drug-likeness (QED) is 0.826. The molecule has 0 atom stereocenters. The Labute approximate surface area is 101 Å². The van der Waals surface area contributed by atoms with Crippen LogP contribution in [0.5, 0.6) is 11.5 Å². The molecular weight excluding hydrogens is 220 g/mol. The van der Waals surface area contributed by atoms with Crippen molar-refractivity contribution in [1.82, 2.24) is 0 Å². The fraction of sp³-hybridized carbons (Fsp3) is 0.462. The molecule has 4 nitrogen and oxygen atoms in total. The molecule has 1 aromatic carbocycles. The van der Waals surface area contributed by atoms with Crippen LogP contribution < -0.4 is 9.47 Å². The molecule has 0 aromatic heterocycles. The van der Waals surface area contributed by atoms with Crippen molar-refractivity contribution in [1.29, 1.82) is 0 Å². The van der Waals surface area contributed by atoms with Gasteiger partial charge in [-0.05, 0) is 18.1 Å². The molecule has 0 aliphatic carbocycles. The van der Waals surface area contributed by atoms with Gasteiger partial charge in [0.05, 0.1) is 20.6 Å². The number of carbonyl (C=O) groups is 1. The number of carboxylic acids is 1. The van der Waals surface area contributed by atoms with E-state index in [1.165, 1.54) is 7.11 Å². The molecule has 0 amide bonds. The lowest BCUT2D eigenvalue weighted by atomic mass is 10.0. The van der Waals surface area contributed by atoms with Crippen molar-refractivity contribution in [3.8, 4) is 11.5 Å². The molecule has 0 spiro atoms. The number of hydrogen-bond acceptors (Lipinski definition) is 3. The third-order valence-electron chi connectivity index (χ3n) is 2.50. The van der Waals surface area contributed by atoms with Gasteiger partial charge in [0.1, 0.15) is 0 Å². The molecule has 94 valence electrons. The van der Waals surface area contributed by atoms with Crippen molar-refractivity contribution in [2.75, 3.05) is 14.2 Å². The van der Waals surface area contributed by atoms with Crippen LogP contribution in [0.3, 0.4) is 0 Å². The van der Waals surface area contributed by atoms with Crippen molar-refractivity contribution in [3.05, 3.63) is 23.3 Å². The number of aliphatic carboxylic acids is 1. The Hall–Kier alpha value is -1.71. The van der Waals surface area contributed by atoms with Gasteiger partial charge in [0.25, 0.3) is 0 Å². The van der Waals surface area contributed by atoms with E-state index in [1.807, 2.05) is 12.1 Å². The van der Waals surface area contributed by atoms with Crippen LogP contribution in [-0.4, -0.2) is 25.3 Å². The van der Waals surface area contributed by atoms with Crippen LogP contribution in [0.1, 0.15) is 24.5 Å². The number of rotatable bonds is 6. The standard InChI is InChI=1S/C13H18O4/c1-4-5-9-6-10(8-12(14)15)13(17-3)11(7-9)16-2/h6-7H,4-5,8H2,1-3H3,(H,14,15). The summed E-state index contributed by atoms with van der Waals surface area (Å²) in [4.78, 5) is 10.8. The Morgan fingerprint density at radius 1 is 1.29 bits per heavy atom. The third-order valence-corrected chi connectivity index (χ3v) is 2.50. The summed E-state index contributed by atoms with van der Waals surface area (Å²) in [6.07, 6.45) is 1.84. The lowest BCUT2D eigenvalue weighted by Gasteiger charge is -2.14. The van der Waals surface area contributed by atoms with E-state index in [0.717, 1.165) is 18.4 Å². The van der Waals surface area contributed by atoms with E-state index in [9.17, 15) is 4.79 Å². The Morgan fingerprint density at radius 2 is 2.00 bits per heavy atom. The van der Waals surface area contributed by atoms with Gasteiger partial charge in [0.15, 0.2) is 11.5 Å². The Bertz CT molecular complexity index is 399. The van der Waals surface area contributed by atoms with Gasteiger partial charge in [-0.2, -0.15) is 0 Å². The molecule has 4 heteroatoms. The Kier molecular flexibility index (Phi) is 4.82. The van der Waals surface area contributed by atoms with E-state index in [1.54, 1.807) is 7.11 Å². The summed E-state index contributed by atoms with van der Waals surface area (Å²) < 4.78 is 10.4. The minimum atomic E-state index is -0.876. The first kappa shape index (κ1) is 13.4. The molecule has 1 aromatic rings. The molecular formula is C13H18O4. The number of aryl methyl sites for hydroxylation is 1. The van der Waals surface area contributed by atoms with Gasteiger partial charge in [-0.15, -0.1) is 0 Å². The second-order valence-electron chi connectivity index (χ2n) is 3.81. The molecule has 0 saturated heterocycles. The zero-order valence-corrected chi connectivity index (χ0v) is 10.4. The summed E-state index contributed by atoms with van der Waals surface area (Å²) in [6.45, 7) is 2.08. The van der Waals surface area contributed by atoms with Gasteiger partial charge in [0.2, 0.25) is 0 Å². The minimum Gasteiger partial charge on any atom is -0.493 e. The zero-order valence-electron chi connectivity index (χ0n) is 10.4. The number of carboxylic acid groups (broad SMARTS) is 1. The second-order valence-corrected chi connectivity index (χ2v) is 3.81. The first-order valence-corrected chi connectivity index (χ1v) is 5.57. The average molecular weight is 238 g/mol. The van der Waals surface area contributed by atoms with Crippen LogP contribution in [0.2, 0.25) is 0 Å². The molecule has 0 bridgehead atoms. The molecule has 1 N–H and O–H groups in total. The highest BCUT2D eigenvalue weighted by atomic mass is 16.5. The van der Waals surface area contributed by atoms with Gasteiger partial charge in [0, 0.05) is 5.56 Å². The van der Waals surface area contributed by atoms with Gasteiger partial charge in [-0.1, -0.05) is 19.4 Å². The van der Waals surface area contributed by atoms with Crippen molar-refractivity contribution >= 4 is 5.97 Å². The van der Waals surface area contributed by atoms with Crippen molar-refractivity contribution < 1.29 is 19.4 Å². The SMILES string of the molecule is CCCc1cc(CC(=O)O)c(OC)c(OC)c1. The monoisotopic (exact) mass is 238 g/mol. The summed E-state index contributed by atoms with van der Waals surface area (Å²) >= 11 is 0. The molecule has 17 heavy (non-hydrogen) atoms. The summed E-state index contributed by atoms with van der Waals surface area (Å²) in [5, 5.41) is 8.87. The summed E-state index contributed by atoms with van der Waals surface area (Å²) in [5.41, 5.74) is 1.73. The molecule has 0 saturated carbocycles. The number of hydrogen-bond donors (Lipinski definition) is 1. The fourth-order valence-corrected chi connectivity index (χ4v) is 1.83. The molecule has 0 unspecified atom stereocenters. The Balaban J connectivity index is 3.21. The Morgan fingerprint density at radius 3 is 2.47 bits per heavy atom. The van der Waals surface area contributed by atoms with Gasteiger partial charge < -0.3 is 14.6 Å². The zero-order chi connectivity index (χ0) is 12.8. The molecule has 0 aliphatic heterocycles. The van der Waals surface area contributed by atoms with E-state index >= 15 is 0 Å². The maximum Gasteiger partial charge on any atom is 0.307 e. The summed E-state index contributed by atoms with van der Waals surface area (Å²) in [6, 6.07) is 3.77. The predicted molar refractivity (Wildman–Crippen MR) is 64.9 cm³/mol. The lowest BCUT2D eigenvalue weighted by molar-refractivity contribution is -0.136. The number of ether oxygens (including phenoxy) is 2. The van der Waals surface area contributed by atoms with Crippen LogP contribution >= 0.6 is 0 Å². The third kappa shape index (κ3) is 3.37. The normalized spacial score (nSPS) is 10.1. The first-order chi connectivity index (χ1) is 8.12. The molecule has 0 aliphatic rings. The maximum atomic E-state index is 10.8. The molecule has 0 heterocycles. The topological polar surface area (TPSA) is 55.8 Å². The van der Waals surface area contributed by atoms with E-state index in [2.05, 4.69) is 6.92 Å². The number of benzene rings is 1. The largest absolute Gasteiger partial charge is 0.493 e.